The molecular formula is C25H23FN4O3S. The molecule has 1 amide bonds. The summed E-state index contributed by atoms with van der Waals surface area (Å²) in [5, 5.41) is 0. The van der Waals surface area contributed by atoms with Gasteiger partial charge in [-0.2, -0.15) is 0 Å². The standard InChI is InChI=1S/C25H23FN4O3S/c1-33-18-8-6-17(7-9-18)22-14-20-24(34-22)25(32)30(16-27-20)15-23(31)29-12-10-28(11-13-29)21-5-3-2-4-19(21)26/h2-9,14,16H,10-13,15H2,1H3. The Kier molecular flexibility index (Phi) is 6.02. The Morgan fingerprint density at radius 2 is 1.82 bits per heavy atom. The molecule has 4 aromatic rings. The molecule has 0 atom stereocenters. The largest absolute Gasteiger partial charge is 0.497 e. The van der Waals surface area contributed by atoms with Crippen molar-refractivity contribution in [2.45, 2.75) is 6.54 Å². The van der Waals surface area contributed by atoms with Gasteiger partial charge in [0.2, 0.25) is 5.91 Å². The van der Waals surface area contributed by atoms with Gasteiger partial charge in [0.15, 0.2) is 0 Å². The summed E-state index contributed by atoms with van der Waals surface area (Å²) in [6.45, 7) is 1.94. The lowest BCUT2D eigenvalue weighted by molar-refractivity contribution is -0.132. The molecule has 2 aromatic carbocycles. The van der Waals surface area contributed by atoms with E-state index in [2.05, 4.69) is 4.98 Å². The molecule has 1 fully saturated rings. The van der Waals surface area contributed by atoms with E-state index in [-0.39, 0.29) is 23.8 Å². The fourth-order valence-corrected chi connectivity index (χ4v) is 5.17. The second-order valence-corrected chi connectivity index (χ2v) is 9.10. The van der Waals surface area contributed by atoms with Crippen molar-refractivity contribution in [3.05, 3.63) is 77.1 Å². The van der Waals surface area contributed by atoms with E-state index >= 15 is 0 Å². The molecule has 0 N–H and O–H groups in total. The predicted molar refractivity (Wildman–Crippen MR) is 131 cm³/mol. The molecule has 0 radical (unpaired) electrons. The van der Waals surface area contributed by atoms with Crippen molar-refractivity contribution in [1.82, 2.24) is 14.5 Å². The predicted octanol–water partition coefficient (Wildman–Crippen LogP) is 3.62. The number of carbonyl (C=O) groups excluding carboxylic acids is 1. The van der Waals surface area contributed by atoms with Crippen molar-refractivity contribution in [1.29, 1.82) is 0 Å². The van der Waals surface area contributed by atoms with Gasteiger partial charge < -0.3 is 14.5 Å². The first-order chi connectivity index (χ1) is 16.5. The molecule has 5 rings (SSSR count). The first-order valence-electron chi connectivity index (χ1n) is 10.9. The summed E-state index contributed by atoms with van der Waals surface area (Å²) in [4.78, 5) is 34.9. The third kappa shape index (κ3) is 4.26. The fourth-order valence-electron chi connectivity index (χ4n) is 4.11. The van der Waals surface area contributed by atoms with Crippen molar-refractivity contribution in [2.75, 3.05) is 38.2 Å². The number of thiophene rings is 1. The molecule has 1 aliphatic heterocycles. The smallest absolute Gasteiger partial charge is 0.271 e. The molecule has 0 bridgehead atoms. The third-order valence-electron chi connectivity index (χ3n) is 6.01. The number of anilines is 1. The Balaban J connectivity index is 1.29. The normalized spacial score (nSPS) is 13.9. The molecule has 3 heterocycles. The number of methoxy groups -OCH3 is 1. The molecule has 9 heteroatoms. The van der Waals surface area contributed by atoms with Crippen LogP contribution in [0.1, 0.15) is 0 Å². The van der Waals surface area contributed by atoms with E-state index in [0.717, 1.165) is 16.2 Å². The van der Waals surface area contributed by atoms with Crippen LogP contribution in [0.3, 0.4) is 0 Å². The van der Waals surface area contributed by atoms with Crippen LogP contribution in [-0.4, -0.2) is 53.6 Å². The molecule has 1 aliphatic rings. The van der Waals surface area contributed by atoms with Gasteiger partial charge in [-0.1, -0.05) is 12.1 Å². The van der Waals surface area contributed by atoms with Crippen LogP contribution in [0, 0.1) is 5.82 Å². The molecular weight excluding hydrogens is 455 g/mol. The summed E-state index contributed by atoms with van der Waals surface area (Å²) < 4.78 is 21.1. The lowest BCUT2D eigenvalue weighted by Gasteiger charge is -2.36. The quantitative estimate of drug-likeness (QED) is 0.438. The highest BCUT2D eigenvalue weighted by atomic mass is 32.1. The topological polar surface area (TPSA) is 67.7 Å². The lowest BCUT2D eigenvalue weighted by atomic mass is 10.2. The van der Waals surface area contributed by atoms with Crippen molar-refractivity contribution in [3.63, 3.8) is 0 Å². The molecule has 0 spiro atoms. The van der Waals surface area contributed by atoms with E-state index in [1.807, 2.05) is 35.2 Å². The minimum atomic E-state index is -0.266. The van der Waals surface area contributed by atoms with Crippen molar-refractivity contribution in [2.24, 2.45) is 0 Å². The number of amides is 1. The second kappa shape index (κ2) is 9.26. The molecule has 0 aliphatic carbocycles. The maximum absolute atomic E-state index is 14.1. The summed E-state index contributed by atoms with van der Waals surface area (Å²) in [7, 11) is 1.62. The maximum atomic E-state index is 14.1. The van der Waals surface area contributed by atoms with Gasteiger partial charge in [0.05, 0.1) is 24.6 Å². The number of piperazine rings is 1. The number of halogens is 1. The lowest BCUT2D eigenvalue weighted by Crippen LogP contribution is -2.50. The number of carbonyl (C=O) groups is 1. The highest BCUT2D eigenvalue weighted by Crippen LogP contribution is 2.31. The van der Waals surface area contributed by atoms with Gasteiger partial charge in [0, 0.05) is 31.1 Å². The molecule has 174 valence electrons. The summed E-state index contributed by atoms with van der Waals surface area (Å²) in [5.74, 6) is 0.347. The monoisotopic (exact) mass is 478 g/mol. The van der Waals surface area contributed by atoms with E-state index < -0.39 is 0 Å². The van der Waals surface area contributed by atoms with E-state index in [4.69, 9.17) is 4.74 Å². The number of hydrogen-bond donors (Lipinski definition) is 0. The van der Waals surface area contributed by atoms with Crippen LogP contribution >= 0.6 is 11.3 Å². The Bertz CT molecular complexity index is 1390. The van der Waals surface area contributed by atoms with E-state index in [1.165, 1.54) is 28.3 Å². The van der Waals surface area contributed by atoms with Gasteiger partial charge in [-0.3, -0.25) is 14.2 Å². The Hall–Kier alpha value is -3.72. The average molecular weight is 479 g/mol. The molecule has 34 heavy (non-hydrogen) atoms. The van der Waals surface area contributed by atoms with Crippen molar-refractivity contribution >= 4 is 33.1 Å². The summed E-state index contributed by atoms with van der Waals surface area (Å²) in [5.41, 5.74) is 1.90. The molecule has 0 saturated carbocycles. The van der Waals surface area contributed by atoms with Crippen LogP contribution in [0.25, 0.3) is 20.7 Å². The van der Waals surface area contributed by atoms with Crippen LogP contribution in [0.5, 0.6) is 5.75 Å². The number of rotatable bonds is 5. The Morgan fingerprint density at radius 3 is 2.53 bits per heavy atom. The van der Waals surface area contributed by atoms with Gasteiger partial charge in [0.1, 0.15) is 22.8 Å². The minimum absolute atomic E-state index is 0.0722. The minimum Gasteiger partial charge on any atom is -0.497 e. The van der Waals surface area contributed by atoms with E-state index in [9.17, 15) is 14.0 Å². The Morgan fingerprint density at radius 1 is 1.09 bits per heavy atom. The van der Waals surface area contributed by atoms with Crippen LogP contribution in [0.2, 0.25) is 0 Å². The van der Waals surface area contributed by atoms with Gasteiger partial charge in [-0.15, -0.1) is 11.3 Å². The Labute approximate surface area is 199 Å². The molecule has 7 nitrogen and oxygen atoms in total. The second-order valence-electron chi connectivity index (χ2n) is 8.05. The van der Waals surface area contributed by atoms with Crippen LogP contribution < -0.4 is 15.2 Å². The number of benzene rings is 2. The highest BCUT2D eigenvalue weighted by molar-refractivity contribution is 7.22. The number of ether oxygens (including phenoxy) is 1. The van der Waals surface area contributed by atoms with Gasteiger partial charge in [-0.25, -0.2) is 9.37 Å². The van der Waals surface area contributed by atoms with Crippen molar-refractivity contribution < 1.29 is 13.9 Å². The summed E-state index contributed by atoms with van der Waals surface area (Å²) in [6, 6.07) is 16.1. The number of para-hydroxylation sites is 1. The van der Waals surface area contributed by atoms with Gasteiger partial charge in [-0.05, 0) is 48.0 Å². The number of fused-ring (bicyclic) bond motifs is 1. The number of aromatic nitrogens is 2. The van der Waals surface area contributed by atoms with E-state index in [1.54, 1.807) is 30.2 Å². The maximum Gasteiger partial charge on any atom is 0.271 e. The molecule has 0 unspecified atom stereocenters. The number of hydrogen-bond acceptors (Lipinski definition) is 6. The van der Waals surface area contributed by atoms with Crippen LogP contribution in [0.4, 0.5) is 10.1 Å². The zero-order valence-electron chi connectivity index (χ0n) is 18.6. The van der Waals surface area contributed by atoms with Crippen molar-refractivity contribution in [3.8, 4) is 16.2 Å². The third-order valence-corrected chi connectivity index (χ3v) is 7.17. The first-order valence-corrected chi connectivity index (χ1v) is 11.8. The van der Waals surface area contributed by atoms with Gasteiger partial charge >= 0.3 is 0 Å². The first kappa shape index (κ1) is 22.1. The summed E-state index contributed by atoms with van der Waals surface area (Å²) >= 11 is 1.36. The van der Waals surface area contributed by atoms with E-state index in [0.29, 0.717) is 42.1 Å². The highest BCUT2D eigenvalue weighted by Gasteiger charge is 2.23. The summed E-state index contributed by atoms with van der Waals surface area (Å²) in [6.07, 6.45) is 1.43. The number of nitrogens with zero attached hydrogens (tertiary/aromatic N) is 4. The average Bonchev–Trinajstić information content (AvgIpc) is 3.31. The zero-order valence-corrected chi connectivity index (χ0v) is 19.4. The zero-order chi connectivity index (χ0) is 23.7. The van der Waals surface area contributed by atoms with Crippen LogP contribution in [-0.2, 0) is 11.3 Å². The van der Waals surface area contributed by atoms with Crippen LogP contribution in [0.15, 0.2) is 65.7 Å². The molecule has 1 saturated heterocycles. The van der Waals surface area contributed by atoms with Gasteiger partial charge in [0.25, 0.3) is 5.56 Å². The fraction of sp³-hybridized carbons (Fsp3) is 0.240. The SMILES string of the molecule is COc1ccc(-c2cc3ncn(CC(=O)N4CCN(c5ccccc5F)CC4)c(=O)c3s2)cc1. The molecule has 2 aromatic heterocycles.